The fourth-order valence-electron chi connectivity index (χ4n) is 6.04. The Morgan fingerprint density at radius 2 is 0.659 bits per heavy atom. The zero-order valence-electron chi connectivity index (χ0n) is 25.5. The summed E-state index contributed by atoms with van der Waals surface area (Å²) in [6, 6.07) is 60.9. The van der Waals surface area contributed by atoms with Crippen LogP contribution >= 0.6 is 0 Å². The number of para-hydroxylation sites is 4. The average molecular weight is 573 g/mol. The van der Waals surface area contributed by atoms with Crippen molar-refractivity contribution in [2.24, 2.45) is 0 Å². The van der Waals surface area contributed by atoms with Crippen LogP contribution in [0.1, 0.15) is 49.7 Å². The molecule has 6 rings (SSSR count). The van der Waals surface area contributed by atoms with Gasteiger partial charge in [-0.05, 0) is 90.3 Å². The van der Waals surface area contributed by atoms with Crippen LogP contribution in [0.5, 0.6) is 0 Å². The summed E-state index contributed by atoms with van der Waals surface area (Å²) >= 11 is 0. The average Bonchev–Trinajstić information content (AvgIpc) is 3.10. The molecule has 2 nitrogen and oxygen atoms in total. The highest BCUT2D eigenvalue weighted by Gasteiger charge is 2.18. The van der Waals surface area contributed by atoms with Gasteiger partial charge in [-0.25, -0.2) is 0 Å². The second-order valence-electron chi connectivity index (χ2n) is 11.2. The molecule has 0 spiro atoms. The molecule has 0 amide bonds. The second kappa shape index (κ2) is 14.4. The van der Waals surface area contributed by atoms with Gasteiger partial charge in [0, 0.05) is 40.0 Å². The van der Waals surface area contributed by atoms with Crippen molar-refractivity contribution in [2.45, 2.75) is 38.5 Å². The van der Waals surface area contributed by atoms with Crippen LogP contribution in [0.3, 0.4) is 0 Å². The molecule has 0 heterocycles. The summed E-state index contributed by atoms with van der Waals surface area (Å²) in [5.41, 5.74) is 9.67. The molecule has 0 radical (unpaired) electrons. The lowest BCUT2D eigenvalue weighted by atomic mass is 9.86. The normalized spacial score (nSPS) is 11.0. The van der Waals surface area contributed by atoms with Crippen molar-refractivity contribution in [2.75, 3.05) is 9.80 Å². The summed E-state index contributed by atoms with van der Waals surface area (Å²) in [5.74, 6) is 0.341. The van der Waals surface area contributed by atoms with Crippen LogP contribution in [0.4, 0.5) is 34.1 Å². The minimum absolute atomic E-state index is 0.341. The van der Waals surface area contributed by atoms with Gasteiger partial charge in [0.25, 0.3) is 0 Å². The van der Waals surface area contributed by atoms with Gasteiger partial charge in [-0.2, -0.15) is 0 Å². The molecular weight excluding hydrogens is 532 g/mol. The van der Waals surface area contributed by atoms with E-state index in [4.69, 9.17) is 0 Å². The van der Waals surface area contributed by atoms with Crippen LogP contribution in [0, 0.1) is 0 Å². The fourth-order valence-corrected chi connectivity index (χ4v) is 6.04. The minimum atomic E-state index is 0.341. The maximum atomic E-state index is 2.33. The first-order valence-electron chi connectivity index (χ1n) is 15.8. The van der Waals surface area contributed by atoms with Gasteiger partial charge < -0.3 is 9.80 Å². The van der Waals surface area contributed by atoms with Crippen LogP contribution in [0.25, 0.3) is 0 Å². The largest absolute Gasteiger partial charge is 0.311 e. The molecule has 0 unspecified atom stereocenters. The number of hydrogen-bond acceptors (Lipinski definition) is 2. The predicted molar refractivity (Wildman–Crippen MR) is 188 cm³/mol. The van der Waals surface area contributed by atoms with Crippen molar-refractivity contribution < 1.29 is 0 Å². The van der Waals surface area contributed by atoms with Crippen LogP contribution in [0.2, 0.25) is 0 Å². The third kappa shape index (κ3) is 6.76. The monoisotopic (exact) mass is 572 g/mol. The van der Waals surface area contributed by atoms with Crippen molar-refractivity contribution >= 4 is 34.1 Å². The summed E-state index contributed by atoms with van der Waals surface area (Å²) in [6.45, 7) is 2.28. The van der Waals surface area contributed by atoms with Crippen LogP contribution in [-0.4, -0.2) is 0 Å². The lowest BCUT2D eigenvalue weighted by Crippen LogP contribution is -2.11. The molecule has 0 aliphatic heterocycles. The van der Waals surface area contributed by atoms with E-state index in [1.165, 1.54) is 30.4 Å². The lowest BCUT2D eigenvalue weighted by molar-refractivity contribution is 0.618. The van der Waals surface area contributed by atoms with Gasteiger partial charge in [-0.15, -0.1) is 0 Å². The number of nitrogens with zero attached hydrogens (tertiary/aromatic N) is 2. The molecule has 0 aliphatic rings. The zero-order valence-corrected chi connectivity index (χ0v) is 25.5. The maximum absolute atomic E-state index is 2.33. The number of benzene rings is 6. The van der Waals surface area contributed by atoms with E-state index in [1.807, 2.05) is 0 Å². The number of rotatable bonds is 12. The van der Waals surface area contributed by atoms with Gasteiger partial charge in [0.15, 0.2) is 0 Å². The topological polar surface area (TPSA) is 6.48 Å². The fraction of sp³-hybridized carbons (Fsp3) is 0.143. The van der Waals surface area contributed by atoms with Crippen LogP contribution < -0.4 is 9.80 Å². The SMILES string of the molecule is CCCCCC(c1ccc(N(c2ccccc2)c2ccccc2)cc1)c1ccc(N(c2ccccc2)c2ccccc2)cc1. The predicted octanol–water partition coefficient (Wildman–Crippen LogP) is 12.3. The highest BCUT2D eigenvalue weighted by atomic mass is 15.1. The first kappa shape index (κ1) is 29.0. The Morgan fingerprint density at radius 3 is 0.955 bits per heavy atom. The number of hydrogen-bond donors (Lipinski definition) is 0. The van der Waals surface area contributed by atoms with E-state index in [0.29, 0.717) is 5.92 Å². The smallest absolute Gasteiger partial charge is 0.0461 e. The molecule has 0 fully saturated rings. The molecule has 0 bridgehead atoms. The third-order valence-electron chi connectivity index (χ3n) is 8.26. The van der Waals surface area contributed by atoms with Gasteiger partial charge in [0.2, 0.25) is 0 Å². The van der Waals surface area contributed by atoms with Gasteiger partial charge in [0.05, 0.1) is 0 Å². The van der Waals surface area contributed by atoms with Crippen LogP contribution in [0.15, 0.2) is 170 Å². The van der Waals surface area contributed by atoms with Crippen molar-refractivity contribution in [3.63, 3.8) is 0 Å². The summed E-state index contributed by atoms with van der Waals surface area (Å²) in [5, 5.41) is 0. The van der Waals surface area contributed by atoms with E-state index in [9.17, 15) is 0 Å². The first-order valence-corrected chi connectivity index (χ1v) is 15.8. The van der Waals surface area contributed by atoms with Gasteiger partial charge in [0.1, 0.15) is 0 Å². The van der Waals surface area contributed by atoms with E-state index in [1.54, 1.807) is 0 Å². The summed E-state index contributed by atoms with van der Waals surface area (Å²) in [6.07, 6.45) is 4.81. The minimum Gasteiger partial charge on any atom is -0.311 e. The Balaban J connectivity index is 1.32. The molecule has 0 atom stereocenters. The molecule has 0 aliphatic carbocycles. The quantitative estimate of drug-likeness (QED) is 0.135. The molecule has 0 saturated carbocycles. The van der Waals surface area contributed by atoms with E-state index in [0.717, 1.165) is 40.5 Å². The Kier molecular flexibility index (Phi) is 9.49. The Bertz CT molecular complexity index is 1480. The second-order valence-corrected chi connectivity index (χ2v) is 11.2. The standard InChI is InChI=1S/C42H40N2/c1-2-3-8-25-42(34-26-30-40(31-27-34)43(36-17-9-4-10-18-36)37-19-11-5-12-20-37)35-28-32-41(33-29-35)44(38-21-13-6-14-22-38)39-23-15-7-16-24-39/h4-7,9-24,26-33,42H,2-3,8,25H2,1H3. The van der Waals surface area contributed by atoms with Crippen molar-refractivity contribution in [3.8, 4) is 0 Å². The first-order chi connectivity index (χ1) is 21.8. The molecule has 2 heteroatoms. The molecule has 0 aromatic heterocycles. The summed E-state index contributed by atoms with van der Waals surface area (Å²) < 4.78 is 0. The van der Waals surface area contributed by atoms with E-state index >= 15 is 0 Å². The van der Waals surface area contributed by atoms with E-state index in [2.05, 4.69) is 187 Å². The molecule has 0 N–H and O–H groups in total. The van der Waals surface area contributed by atoms with E-state index in [-0.39, 0.29) is 0 Å². The molecule has 0 saturated heterocycles. The summed E-state index contributed by atoms with van der Waals surface area (Å²) in [4.78, 5) is 4.65. The lowest BCUT2D eigenvalue weighted by Gasteiger charge is -2.27. The third-order valence-corrected chi connectivity index (χ3v) is 8.26. The van der Waals surface area contributed by atoms with Crippen molar-refractivity contribution in [3.05, 3.63) is 181 Å². The molecule has 44 heavy (non-hydrogen) atoms. The van der Waals surface area contributed by atoms with Crippen molar-refractivity contribution in [1.82, 2.24) is 0 Å². The van der Waals surface area contributed by atoms with Crippen LogP contribution in [-0.2, 0) is 0 Å². The molecule has 6 aromatic rings. The van der Waals surface area contributed by atoms with Gasteiger partial charge in [-0.1, -0.05) is 123 Å². The van der Waals surface area contributed by atoms with Gasteiger partial charge >= 0.3 is 0 Å². The number of anilines is 6. The molecular formula is C42H40N2. The highest BCUT2D eigenvalue weighted by molar-refractivity contribution is 5.77. The zero-order chi connectivity index (χ0) is 30.0. The maximum Gasteiger partial charge on any atom is 0.0461 e. The Labute approximate surface area is 262 Å². The summed E-state index contributed by atoms with van der Waals surface area (Å²) in [7, 11) is 0. The Morgan fingerprint density at radius 1 is 0.364 bits per heavy atom. The van der Waals surface area contributed by atoms with Gasteiger partial charge in [-0.3, -0.25) is 0 Å². The Hall–Kier alpha value is -5.08. The van der Waals surface area contributed by atoms with Crippen molar-refractivity contribution in [1.29, 1.82) is 0 Å². The van der Waals surface area contributed by atoms with E-state index < -0.39 is 0 Å². The molecule has 218 valence electrons. The highest BCUT2D eigenvalue weighted by Crippen LogP contribution is 2.39. The molecule has 6 aromatic carbocycles. The number of unbranched alkanes of at least 4 members (excludes halogenated alkanes) is 2.